The van der Waals surface area contributed by atoms with Crippen molar-refractivity contribution in [3.8, 4) is 11.4 Å². The largest absolute Gasteiger partial charge is 0.417 e. The minimum Gasteiger partial charge on any atom is -0.308 e. The minimum atomic E-state index is -4.57. The van der Waals surface area contributed by atoms with Gasteiger partial charge in [0, 0.05) is 28.3 Å². The second-order valence-corrected chi connectivity index (χ2v) is 8.21. The molecule has 31 heavy (non-hydrogen) atoms. The maximum absolute atomic E-state index is 13.2. The van der Waals surface area contributed by atoms with Crippen LogP contribution in [-0.2, 0) is 11.0 Å². The molecule has 3 aromatic heterocycles. The third-order valence-electron chi connectivity index (χ3n) is 5.01. The maximum Gasteiger partial charge on any atom is 0.417 e. The van der Waals surface area contributed by atoms with Gasteiger partial charge in [0.15, 0.2) is 0 Å². The lowest BCUT2D eigenvalue weighted by Crippen LogP contribution is -2.06. The van der Waals surface area contributed by atoms with Crippen LogP contribution in [0.2, 0.25) is 0 Å². The van der Waals surface area contributed by atoms with E-state index >= 15 is 0 Å². The lowest BCUT2D eigenvalue weighted by Gasteiger charge is -2.12. The summed E-state index contributed by atoms with van der Waals surface area (Å²) in [5, 5.41) is 8.35. The molecule has 0 aliphatic rings. The highest BCUT2D eigenvalue weighted by Crippen LogP contribution is 2.39. The number of fused-ring (bicyclic) bond motifs is 2. The fraction of sp³-hybridized carbons (Fsp3) is 0.182. The number of carbonyl (C=O) groups excluding carboxylic acids is 1. The number of alkyl halides is 3. The van der Waals surface area contributed by atoms with Crippen LogP contribution < -0.4 is 0 Å². The van der Waals surface area contributed by atoms with E-state index in [2.05, 4.69) is 4.98 Å². The van der Waals surface area contributed by atoms with Gasteiger partial charge in [-0.25, -0.2) is 4.98 Å². The highest BCUT2D eigenvalue weighted by atomic mass is 32.2. The average Bonchev–Trinajstić information content (AvgIpc) is 3.03. The molecule has 0 fully saturated rings. The zero-order chi connectivity index (χ0) is 22.3. The first-order valence-corrected chi connectivity index (χ1v) is 10.4. The van der Waals surface area contributed by atoms with Crippen molar-refractivity contribution < 1.29 is 18.0 Å². The van der Waals surface area contributed by atoms with E-state index in [0.29, 0.717) is 40.0 Å². The molecule has 9 heteroatoms. The number of hydrogen-bond donors (Lipinski definition) is 1. The third-order valence-corrected chi connectivity index (χ3v) is 5.92. The van der Waals surface area contributed by atoms with Crippen LogP contribution in [0.3, 0.4) is 0 Å². The fourth-order valence-electron chi connectivity index (χ4n) is 3.58. The smallest absolute Gasteiger partial charge is 0.308 e. The van der Waals surface area contributed by atoms with E-state index in [0.717, 1.165) is 28.3 Å². The summed E-state index contributed by atoms with van der Waals surface area (Å²) in [4.78, 5) is 21.6. The standard InChI is InChI=1S/C22H17F3N4OS/c1-3-31-18-7-14-5-4-13(9-26)6-16(14)28-20(18)21-12(2)19-17(29(21)11-30)8-15(10-27-19)22(23,24)25/h4-11,26H,3H2,1-2H3. The summed E-state index contributed by atoms with van der Waals surface area (Å²) in [6.45, 7) is 3.70. The number of nitrogens with one attached hydrogen (secondary N) is 1. The van der Waals surface area contributed by atoms with Crippen LogP contribution >= 0.6 is 11.8 Å². The molecule has 1 N–H and O–H groups in total. The van der Waals surface area contributed by atoms with Gasteiger partial charge in [-0.2, -0.15) is 13.2 Å². The molecule has 0 saturated heterocycles. The van der Waals surface area contributed by atoms with Gasteiger partial charge in [0.25, 0.3) is 0 Å². The number of carbonyl (C=O) groups is 1. The minimum absolute atomic E-state index is 0.0833. The monoisotopic (exact) mass is 442 g/mol. The van der Waals surface area contributed by atoms with Gasteiger partial charge in [-0.05, 0) is 36.4 Å². The summed E-state index contributed by atoms with van der Waals surface area (Å²) < 4.78 is 40.8. The number of rotatable bonds is 5. The molecule has 4 rings (SSSR count). The van der Waals surface area contributed by atoms with Gasteiger partial charge in [-0.3, -0.25) is 14.3 Å². The van der Waals surface area contributed by atoms with Crippen molar-refractivity contribution >= 4 is 46.3 Å². The van der Waals surface area contributed by atoms with Crippen molar-refractivity contribution in [2.45, 2.75) is 24.9 Å². The Morgan fingerprint density at radius 2 is 2.00 bits per heavy atom. The molecule has 0 spiro atoms. The number of aryl methyl sites for hydroxylation is 1. The van der Waals surface area contributed by atoms with Gasteiger partial charge in [-0.1, -0.05) is 19.1 Å². The van der Waals surface area contributed by atoms with E-state index in [1.54, 1.807) is 13.0 Å². The molecule has 0 aliphatic heterocycles. The Kier molecular flexibility index (Phi) is 5.30. The molecule has 158 valence electrons. The Bertz CT molecular complexity index is 1340. The number of benzene rings is 1. The number of nitrogens with zero attached hydrogens (tertiary/aromatic N) is 3. The van der Waals surface area contributed by atoms with Crippen LogP contribution in [0.5, 0.6) is 0 Å². The summed E-state index contributed by atoms with van der Waals surface area (Å²) in [6, 6.07) is 8.32. The van der Waals surface area contributed by atoms with E-state index in [9.17, 15) is 18.0 Å². The predicted molar refractivity (Wildman–Crippen MR) is 117 cm³/mol. The van der Waals surface area contributed by atoms with Crippen molar-refractivity contribution in [1.29, 1.82) is 5.41 Å². The maximum atomic E-state index is 13.2. The highest BCUT2D eigenvalue weighted by Gasteiger charge is 2.32. The van der Waals surface area contributed by atoms with Crippen molar-refractivity contribution in [2.75, 3.05) is 5.75 Å². The summed E-state index contributed by atoms with van der Waals surface area (Å²) >= 11 is 1.53. The summed E-state index contributed by atoms with van der Waals surface area (Å²) in [7, 11) is 0. The second-order valence-electron chi connectivity index (χ2n) is 6.90. The van der Waals surface area contributed by atoms with Gasteiger partial charge in [0.05, 0.1) is 27.8 Å². The lowest BCUT2D eigenvalue weighted by molar-refractivity contribution is -0.137. The van der Waals surface area contributed by atoms with Gasteiger partial charge in [0.1, 0.15) is 5.69 Å². The molecular weight excluding hydrogens is 425 g/mol. The Morgan fingerprint density at radius 1 is 1.23 bits per heavy atom. The summed E-state index contributed by atoms with van der Waals surface area (Å²) in [6.07, 6.45) is -2.08. The van der Waals surface area contributed by atoms with E-state index in [-0.39, 0.29) is 5.52 Å². The van der Waals surface area contributed by atoms with Gasteiger partial charge < -0.3 is 5.41 Å². The van der Waals surface area contributed by atoms with Gasteiger partial charge in [-0.15, -0.1) is 11.8 Å². The third kappa shape index (κ3) is 3.59. The van der Waals surface area contributed by atoms with Crippen LogP contribution in [0.4, 0.5) is 13.2 Å². The quantitative estimate of drug-likeness (QED) is 0.244. The molecule has 0 aliphatic carbocycles. The lowest BCUT2D eigenvalue weighted by atomic mass is 10.1. The van der Waals surface area contributed by atoms with Crippen LogP contribution in [0.15, 0.2) is 41.4 Å². The van der Waals surface area contributed by atoms with Crippen molar-refractivity contribution in [1.82, 2.24) is 14.5 Å². The normalized spacial score (nSPS) is 11.9. The summed E-state index contributed by atoms with van der Waals surface area (Å²) in [5.74, 6) is 0.746. The molecule has 5 nitrogen and oxygen atoms in total. The Hall–Kier alpha value is -3.20. The highest BCUT2D eigenvalue weighted by molar-refractivity contribution is 7.99. The van der Waals surface area contributed by atoms with E-state index in [1.165, 1.54) is 22.5 Å². The van der Waals surface area contributed by atoms with E-state index in [1.807, 2.05) is 25.1 Å². The van der Waals surface area contributed by atoms with E-state index in [4.69, 9.17) is 10.4 Å². The number of hydrogen-bond acceptors (Lipinski definition) is 5. The second kappa shape index (κ2) is 7.81. The molecule has 1 aromatic carbocycles. The average molecular weight is 442 g/mol. The SMILES string of the molecule is CCSc1cc2ccc(C=N)cc2nc1-c1c(C)c2ncc(C(F)(F)F)cc2n1C=O. The molecule has 0 unspecified atom stereocenters. The number of pyridine rings is 2. The molecular formula is C22H17F3N4OS. The van der Waals surface area contributed by atoms with Crippen molar-refractivity contribution in [2.24, 2.45) is 0 Å². The molecule has 0 atom stereocenters. The van der Waals surface area contributed by atoms with Crippen LogP contribution in [0.25, 0.3) is 33.3 Å². The number of halogens is 3. The number of aromatic nitrogens is 3. The van der Waals surface area contributed by atoms with Crippen LogP contribution in [0, 0.1) is 12.3 Å². The zero-order valence-electron chi connectivity index (χ0n) is 16.6. The van der Waals surface area contributed by atoms with Crippen LogP contribution in [-0.4, -0.2) is 32.9 Å². The predicted octanol–water partition coefficient (Wildman–Crippen LogP) is 5.73. The molecule has 0 amide bonds. The van der Waals surface area contributed by atoms with Crippen molar-refractivity contribution in [3.63, 3.8) is 0 Å². The molecule has 3 heterocycles. The Labute approximate surface area is 179 Å². The van der Waals surface area contributed by atoms with E-state index < -0.39 is 11.7 Å². The first-order valence-electron chi connectivity index (χ1n) is 9.40. The first kappa shape index (κ1) is 21.0. The molecule has 4 aromatic rings. The fourth-order valence-corrected chi connectivity index (χ4v) is 4.39. The summed E-state index contributed by atoms with van der Waals surface area (Å²) in [5.41, 5.74) is 2.26. The first-order chi connectivity index (χ1) is 14.8. The topological polar surface area (TPSA) is 71.6 Å². The molecule has 0 bridgehead atoms. The van der Waals surface area contributed by atoms with Gasteiger partial charge >= 0.3 is 6.18 Å². The van der Waals surface area contributed by atoms with Crippen molar-refractivity contribution in [3.05, 3.63) is 53.2 Å². The Balaban J connectivity index is 2.07. The van der Waals surface area contributed by atoms with Gasteiger partial charge in [0.2, 0.25) is 6.41 Å². The zero-order valence-corrected chi connectivity index (χ0v) is 17.4. The molecule has 0 radical (unpaired) electrons. The number of thioether (sulfide) groups is 1. The Morgan fingerprint density at radius 3 is 2.65 bits per heavy atom. The van der Waals surface area contributed by atoms with Crippen LogP contribution in [0.1, 0.15) is 23.6 Å². The molecule has 0 saturated carbocycles.